The lowest BCUT2D eigenvalue weighted by atomic mass is 9.68. The number of hydroxylamine groups is 1. The number of aromatic hydroxyl groups is 1. The van der Waals surface area contributed by atoms with Gasteiger partial charge in [-0.25, -0.2) is 5.06 Å². The minimum Gasteiger partial charge on any atom is -0.506 e. The van der Waals surface area contributed by atoms with E-state index in [1.54, 1.807) is 31.2 Å². The van der Waals surface area contributed by atoms with Crippen molar-refractivity contribution in [3.63, 3.8) is 0 Å². The van der Waals surface area contributed by atoms with E-state index < -0.39 is 29.7 Å². The summed E-state index contributed by atoms with van der Waals surface area (Å²) in [4.78, 5) is 4.37. The van der Waals surface area contributed by atoms with E-state index in [0.29, 0.717) is 34.5 Å². The van der Waals surface area contributed by atoms with Crippen molar-refractivity contribution in [2.75, 3.05) is 5.06 Å². The molecule has 2 aliphatic rings. The number of halogens is 4. The minimum atomic E-state index is -5.04. The van der Waals surface area contributed by atoms with E-state index in [0.717, 1.165) is 0 Å². The van der Waals surface area contributed by atoms with Gasteiger partial charge in [-0.05, 0) is 62.1 Å². The highest BCUT2D eigenvalue weighted by molar-refractivity contribution is 6.32. The lowest BCUT2D eigenvalue weighted by molar-refractivity contribution is -0.280. The van der Waals surface area contributed by atoms with Crippen molar-refractivity contribution in [3.8, 4) is 5.75 Å². The van der Waals surface area contributed by atoms with E-state index in [2.05, 4.69) is 4.98 Å². The number of anilines is 1. The monoisotopic (exact) mass is 464 g/mol. The van der Waals surface area contributed by atoms with Crippen LogP contribution in [0.5, 0.6) is 5.75 Å². The number of nitrogens with zero attached hydrogens (tertiary/aromatic N) is 2. The molecule has 1 spiro atoms. The Morgan fingerprint density at radius 1 is 1.12 bits per heavy atom. The third-order valence-corrected chi connectivity index (χ3v) is 7.04. The van der Waals surface area contributed by atoms with Crippen LogP contribution in [0, 0.1) is 6.92 Å². The van der Waals surface area contributed by atoms with Gasteiger partial charge in [-0.15, -0.1) is 0 Å². The number of rotatable bonds is 2. The summed E-state index contributed by atoms with van der Waals surface area (Å²) >= 11 is 6.08. The molecule has 0 bridgehead atoms. The van der Waals surface area contributed by atoms with E-state index in [4.69, 9.17) is 11.6 Å². The SMILES string of the molecule is Cc1ccc2c(N(O)[C@H]3c4ccc(Cl)c(O)c4C4(CC4)C[C@@]3(O)C(F)(F)F)cccc2n1. The largest absolute Gasteiger partial charge is 0.506 e. The van der Waals surface area contributed by atoms with Gasteiger partial charge in [-0.3, -0.25) is 10.2 Å². The number of phenols is 1. The van der Waals surface area contributed by atoms with Crippen LogP contribution >= 0.6 is 11.6 Å². The van der Waals surface area contributed by atoms with E-state index in [9.17, 15) is 28.6 Å². The second-order valence-corrected chi connectivity index (χ2v) is 9.19. The van der Waals surface area contributed by atoms with Crippen molar-refractivity contribution in [3.05, 3.63) is 64.3 Å². The zero-order valence-electron chi connectivity index (χ0n) is 17.0. The van der Waals surface area contributed by atoms with Gasteiger partial charge in [0.1, 0.15) is 11.8 Å². The number of hydrogen-bond acceptors (Lipinski definition) is 5. The third-order valence-electron chi connectivity index (χ3n) is 6.73. The summed E-state index contributed by atoms with van der Waals surface area (Å²) in [6, 6.07) is 8.79. The topological polar surface area (TPSA) is 76.8 Å². The van der Waals surface area contributed by atoms with Crippen molar-refractivity contribution >= 4 is 28.2 Å². The van der Waals surface area contributed by atoms with Gasteiger partial charge in [0.05, 0.1) is 16.2 Å². The molecular formula is C23H20ClF3N2O3. The Labute approximate surface area is 186 Å². The number of aromatic nitrogens is 1. The summed E-state index contributed by atoms with van der Waals surface area (Å²) in [7, 11) is 0. The normalized spacial score (nSPS) is 23.9. The van der Waals surface area contributed by atoms with Gasteiger partial charge in [0.25, 0.3) is 0 Å². The Kier molecular flexibility index (Phi) is 4.48. The molecule has 32 heavy (non-hydrogen) atoms. The second kappa shape index (κ2) is 6.73. The Hall–Kier alpha value is -2.55. The molecule has 5 nitrogen and oxygen atoms in total. The number of benzene rings is 2. The first-order valence-corrected chi connectivity index (χ1v) is 10.5. The molecule has 1 heterocycles. The van der Waals surface area contributed by atoms with Crippen molar-refractivity contribution in [1.82, 2.24) is 4.98 Å². The summed E-state index contributed by atoms with van der Waals surface area (Å²) < 4.78 is 43.1. The van der Waals surface area contributed by atoms with E-state index in [-0.39, 0.29) is 27.6 Å². The van der Waals surface area contributed by atoms with Gasteiger partial charge >= 0.3 is 6.18 Å². The Bertz CT molecular complexity index is 1250. The van der Waals surface area contributed by atoms with Crippen LogP contribution in [-0.4, -0.2) is 32.2 Å². The van der Waals surface area contributed by atoms with Gasteiger partial charge in [-0.2, -0.15) is 13.2 Å². The highest BCUT2D eigenvalue weighted by Gasteiger charge is 2.70. The zero-order valence-corrected chi connectivity index (χ0v) is 17.7. The first-order chi connectivity index (χ1) is 15.0. The molecule has 5 rings (SSSR count). The lowest BCUT2D eigenvalue weighted by Gasteiger charge is -2.48. The fourth-order valence-corrected chi connectivity index (χ4v) is 5.23. The maximum atomic E-state index is 14.4. The summed E-state index contributed by atoms with van der Waals surface area (Å²) in [6.45, 7) is 1.78. The first kappa shape index (κ1) is 21.3. The summed E-state index contributed by atoms with van der Waals surface area (Å²) in [5.74, 6) is -0.306. The molecule has 0 amide bonds. The smallest absolute Gasteiger partial charge is 0.419 e. The minimum absolute atomic E-state index is 0.00458. The predicted molar refractivity (Wildman–Crippen MR) is 113 cm³/mol. The van der Waals surface area contributed by atoms with Gasteiger partial charge in [0, 0.05) is 22.1 Å². The summed E-state index contributed by atoms with van der Waals surface area (Å²) in [5.41, 5.74) is -2.77. The molecule has 0 unspecified atom stereocenters. The van der Waals surface area contributed by atoms with Crippen molar-refractivity contribution in [2.45, 2.75) is 49.4 Å². The van der Waals surface area contributed by atoms with Crippen molar-refractivity contribution in [2.24, 2.45) is 0 Å². The molecule has 0 saturated heterocycles. The number of phenolic OH excluding ortho intramolecular Hbond substituents is 1. The average Bonchev–Trinajstić information content (AvgIpc) is 3.48. The molecule has 3 N–H and O–H groups in total. The van der Waals surface area contributed by atoms with Crippen LogP contribution in [0.3, 0.4) is 0 Å². The molecular weight excluding hydrogens is 445 g/mol. The molecule has 2 atom stereocenters. The van der Waals surface area contributed by atoms with Crippen LogP contribution in [-0.2, 0) is 5.41 Å². The van der Waals surface area contributed by atoms with Gasteiger partial charge in [0.2, 0.25) is 0 Å². The Morgan fingerprint density at radius 2 is 1.84 bits per heavy atom. The van der Waals surface area contributed by atoms with Gasteiger partial charge < -0.3 is 10.2 Å². The first-order valence-electron chi connectivity index (χ1n) is 10.1. The van der Waals surface area contributed by atoms with E-state index in [1.165, 1.54) is 18.2 Å². The molecule has 168 valence electrons. The van der Waals surface area contributed by atoms with Crippen molar-refractivity contribution in [1.29, 1.82) is 0 Å². The predicted octanol–water partition coefficient (Wildman–Crippen LogP) is 5.57. The number of aliphatic hydroxyl groups is 1. The number of pyridine rings is 1. The molecule has 2 aliphatic carbocycles. The highest BCUT2D eigenvalue weighted by Crippen LogP contribution is 2.66. The Balaban J connectivity index is 1.77. The summed E-state index contributed by atoms with van der Waals surface area (Å²) in [6.07, 6.45) is -4.97. The lowest BCUT2D eigenvalue weighted by Crippen LogP contribution is -2.59. The number of alkyl halides is 3. The molecule has 1 fully saturated rings. The molecule has 1 aromatic heterocycles. The molecule has 0 radical (unpaired) electrons. The van der Waals surface area contributed by atoms with Crippen LogP contribution in [0.4, 0.5) is 18.9 Å². The van der Waals surface area contributed by atoms with E-state index in [1.807, 2.05) is 0 Å². The van der Waals surface area contributed by atoms with Crippen LogP contribution in [0.2, 0.25) is 5.02 Å². The number of hydrogen-bond donors (Lipinski definition) is 3. The molecule has 9 heteroatoms. The highest BCUT2D eigenvalue weighted by atomic mass is 35.5. The standard InChI is InChI=1S/C23H20ClF3N2O3/c1-12-5-6-13-16(28-12)3-2-4-17(13)29(32)20-14-7-8-15(24)19(30)18(14)21(9-10-21)11-22(20,31)23(25,26)27/h2-8,20,30-32H,9-11H2,1H3/t20-,22-/m0/s1. The van der Waals surface area contributed by atoms with Crippen LogP contribution in [0.25, 0.3) is 10.9 Å². The number of aryl methyl sites for hydroxylation is 1. The fraction of sp³-hybridized carbons (Fsp3) is 0.348. The second-order valence-electron chi connectivity index (χ2n) is 8.78. The molecule has 2 aromatic carbocycles. The van der Waals surface area contributed by atoms with Crippen LogP contribution in [0.1, 0.15) is 42.1 Å². The summed E-state index contributed by atoms with van der Waals surface area (Å²) in [5, 5.41) is 33.9. The third kappa shape index (κ3) is 2.89. The Morgan fingerprint density at radius 3 is 2.50 bits per heavy atom. The van der Waals surface area contributed by atoms with Crippen LogP contribution < -0.4 is 5.06 Å². The zero-order chi connectivity index (χ0) is 23.1. The average molecular weight is 465 g/mol. The molecule has 3 aromatic rings. The number of fused-ring (bicyclic) bond motifs is 3. The van der Waals surface area contributed by atoms with Crippen LogP contribution in [0.15, 0.2) is 42.5 Å². The molecule has 0 aliphatic heterocycles. The maximum absolute atomic E-state index is 14.4. The maximum Gasteiger partial charge on any atom is 0.419 e. The van der Waals surface area contributed by atoms with Crippen molar-refractivity contribution < 1.29 is 28.6 Å². The molecule has 1 saturated carbocycles. The van der Waals surface area contributed by atoms with Gasteiger partial charge in [0.15, 0.2) is 5.60 Å². The fourth-order valence-electron chi connectivity index (χ4n) is 5.07. The van der Waals surface area contributed by atoms with Gasteiger partial charge in [-0.1, -0.05) is 23.7 Å². The van der Waals surface area contributed by atoms with E-state index >= 15 is 0 Å². The quantitative estimate of drug-likeness (QED) is 0.432.